The maximum absolute atomic E-state index is 10.1. The van der Waals surface area contributed by atoms with E-state index in [1.807, 2.05) is 0 Å². The molecule has 0 aromatic carbocycles. The van der Waals surface area contributed by atoms with Gasteiger partial charge in [-0.05, 0) is 18.3 Å². The molecule has 13 heavy (non-hydrogen) atoms. The first-order valence-corrected chi connectivity index (χ1v) is 5.64. The van der Waals surface area contributed by atoms with Crippen LogP contribution in [0.5, 0.6) is 0 Å². The Morgan fingerprint density at radius 3 is 2.23 bits per heavy atom. The second-order valence-electron chi connectivity index (χ2n) is 4.29. The Labute approximate surface area is 82.9 Å². The Balaban J connectivity index is 3.25. The highest BCUT2D eigenvalue weighted by Gasteiger charge is 2.03. The molecule has 0 heterocycles. The van der Waals surface area contributed by atoms with E-state index in [0.717, 1.165) is 31.0 Å². The molecule has 0 spiro atoms. The number of aldehydes is 1. The van der Waals surface area contributed by atoms with Crippen molar-refractivity contribution in [2.24, 2.45) is 11.8 Å². The van der Waals surface area contributed by atoms with Crippen LogP contribution in [0.25, 0.3) is 0 Å². The minimum Gasteiger partial charge on any atom is -0.303 e. The molecule has 1 nitrogen and oxygen atoms in total. The summed E-state index contributed by atoms with van der Waals surface area (Å²) in [5.41, 5.74) is 0. The van der Waals surface area contributed by atoms with E-state index in [-0.39, 0.29) is 0 Å². The Bertz CT molecular complexity index is 120. The zero-order valence-electron chi connectivity index (χ0n) is 9.38. The van der Waals surface area contributed by atoms with Gasteiger partial charge in [0.05, 0.1) is 0 Å². The first-order valence-electron chi connectivity index (χ1n) is 5.64. The van der Waals surface area contributed by atoms with E-state index in [1.54, 1.807) is 0 Å². The lowest BCUT2D eigenvalue weighted by atomic mass is 9.95. The third-order valence-electron chi connectivity index (χ3n) is 2.87. The molecule has 0 bridgehead atoms. The molecule has 0 unspecified atom stereocenters. The lowest BCUT2D eigenvalue weighted by molar-refractivity contribution is -0.108. The standard InChI is InChI=1S/C12H24O/c1-4-11(2)7-5-8-12(3)9-6-10-13/h10-12H,4-9H2,1-3H3/t11-,12+/m1/s1. The van der Waals surface area contributed by atoms with Crippen molar-refractivity contribution in [1.29, 1.82) is 0 Å². The third-order valence-corrected chi connectivity index (χ3v) is 2.87. The molecule has 0 aromatic rings. The van der Waals surface area contributed by atoms with E-state index in [2.05, 4.69) is 20.8 Å². The van der Waals surface area contributed by atoms with Crippen LogP contribution >= 0.6 is 0 Å². The summed E-state index contributed by atoms with van der Waals surface area (Å²) in [5.74, 6) is 1.60. The largest absolute Gasteiger partial charge is 0.303 e. The van der Waals surface area contributed by atoms with Crippen molar-refractivity contribution < 1.29 is 4.79 Å². The van der Waals surface area contributed by atoms with E-state index in [4.69, 9.17) is 0 Å². The summed E-state index contributed by atoms with van der Waals surface area (Å²) in [5, 5.41) is 0. The Morgan fingerprint density at radius 2 is 1.69 bits per heavy atom. The van der Waals surface area contributed by atoms with Gasteiger partial charge in [-0.1, -0.05) is 46.5 Å². The highest BCUT2D eigenvalue weighted by Crippen LogP contribution is 2.17. The summed E-state index contributed by atoms with van der Waals surface area (Å²) >= 11 is 0. The van der Waals surface area contributed by atoms with Crippen molar-refractivity contribution in [3.8, 4) is 0 Å². The van der Waals surface area contributed by atoms with E-state index in [1.165, 1.54) is 25.7 Å². The van der Waals surface area contributed by atoms with Crippen LogP contribution in [0, 0.1) is 11.8 Å². The SMILES string of the molecule is CC[C@@H](C)CCC[C@H](C)CCC=O. The number of rotatable bonds is 8. The fourth-order valence-corrected chi connectivity index (χ4v) is 1.52. The molecular formula is C12H24O. The van der Waals surface area contributed by atoms with Gasteiger partial charge in [-0.2, -0.15) is 0 Å². The normalized spacial score (nSPS) is 15.3. The molecule has 1 heteroatoms. The summed E-state index contributed by atoms with van der Waals surface area (Å²) in [6.07, 6.45) is 8.11. The first kappa shape index (κ1) is 12.7. The van der Waals surface area contributed by atoms with Crippen molar-refractivity contribution in [1.82, 2.24) is 0 Å². The molecule has 0 aromatic heterocycles. The number of hydrogen-bond donors (Lipinski definition) is 0. The average Bonchev–Trinajstić information content (AvgIpc) is 2.14. The summed E-state index contributed by atoms with van der Waals surface area (Å²) in [6.45, 7) is 6.82. The van der Waals surface area contributed by atoms with Crippen LogP contribution in [0.4, 0.5) is 0 Å². The molecule has 0 aliphatic heterocycles. The van der Waals surface area contributed by atoms with Crippen molar-refractivity contribution in [2.75, 3.05) is 0 Å². The quantitative estimate of drug-likeness (QED) is 0.524. The summed E-state index contributed by atoms with van der Waals surface area (Å²) in [7, 11) is 0. The second kappa shape index (κ2) is 8.28. The van der Waals surface area contributed by atoms with Crippen LogP contribution in [0.1, 0.15) is 59.3 Å². The van der Waals surface area contributed by atoms with Crippen molar-refractivity contribution >= 4 is 6.29 Å². The Kier molecular flexibility index (Phi) is 8.07. The molecule has 0 saturated carbocycles. The molecule has 0 saturated heterocycles. The summed E-state index contributed by atoms with van der Waals surface area (Å²) in [4.78, 5) is 10.1. The van der Waals surface area contributed by atoms with Gasteiger partial charge in [0.25, 0.3) is 0 Å². The monoisotopic (exact) mass is 184 g/mol. The Hall–Kier alpha value is -0.330. The predicted octanol–water partition coefficient (Wildman–Crippen LogP) is 3.82. The second-order valence-corrected chi connectivity index (χ2v) is 4.29. The smallest absolute Gasteiger partial charge is 0.120 e. The number of hydrogen-bond acceptors (Lipinski definition) is 1. The third kappa shape index (κ3) is 8.01. The minimum absolute atomic E-state index is 0.731. The van der Waals surface area contributed by atoms with Crippen molar-refractivity contribution in [3.63, 3.8) is 0 Å². The van der Waals surface area contributed by atoms with E-state index in [9.17, 15) is 4.79 Å². The van der Waals surface area contributed by atoms with Gasteiger partial charge in [-0.3, -0.25) is 0 Å². The summed E-state index contributed by atoms with van der Waals surface area (Å²) in [6, 6.07) is 0. The van der Waals surface area contributed by atoms with Crippen LogP contribution < -0.4 is 0 Å². The fraction of sp³-hybridized carbons (Fsp3) is 0.917. The van der Waals surface area contributed by atoms with Gasteiger partial charge >= 0.3 is 0 Å². The molecule has 78 valence electrons. The van der Waals surface area contributed by atoms with Crippen molar-refractivity contribution in [2.45, 2.75) is 59.3 Å². The predicted molar refractivity (Wildman–Crippen MR) is 57.8 cm³/mol. The van der Waals surface area contributed by atoms with Crippen LogP contribution in [-0.4, -0.2) is 6.29 Å². The molecule has 0 fully saturated rings. The molecule has 0 amide bonds. The van der Waals surface area contributed by atoms with E-state index in [0.29, 0.717) is 0 Å². The van der Waals surface area contributed by atoms with Crippen LogP contribution in [-0.2, 0) is 4.79 Å². The topological polar surface area (TPSA) is 17.1 Å². The first-order chi connectivity index (χ1) is 6.20. The van der Waals surface area contributed by atoms with Gasteiger partial charge in [-0.15, -0.1) is 0 Å². The van der Waals surface area contributed by atoms with E-state index < -0.39 is 0 Å². The van der Waals surface area contributed by atoms with Gasteiger partial charge in [-0.25, -0.2) is 0 Å². The number of carbonyl (C=O) groups excluding carboxylic acids is 1. The molecule has 0 rings (SSSR count). The summed E-state index contributed by atoms with van der Waals surface area (Å²) < 4.78 is 0. The number of carbonyl (C=O) groups is 1. The minimum atomic E-state index is 0.731. The molecule has 0 aliphatic rings. The highest BCUT2D eigenvalue weighted by atomic mass is 16.1. The highest BCUT2D eigenvalue weighted by molar-refractivity contribution is 5.49. The van der Waals surface area contributed by atoms with E-state index >= 15 is 0 Å². The maximum atomic E-state index is 10.1. The lowest BCUT2D eigenvalue weighted by Crippen LogP contribution is -1.98. The molecule has 0 radical (unpaired) electrons. The van der Waals surface area contributed by atoms with Crippen LogP contribution in [0.3, 0.4) is 0 Å². The zero-order chi connectivity index (χ0) is 10.1. The van der Waals surface area contributed by atoms with Crippen molar-refractivity contribution in [3.05, 3.63) is 0 Å². The molecule has 2 atom stereocenters. The van der Waals surface area contributed by atoms with Gasteiger partial charge in [0.1, 0.15) is 6.29 Å². The van der Waals surface area contributed by atoms with Gasteiger partial charge in [0.15, 0.2) is 0 Å². The fourth-order valence-electron chi connectivity index (χ4n) is 1.52. The van der Waals surface area contributed by atoms with Gasteiger partial charge in [0, 0.05) is 6.42 Å². The molecule has 0 aliphatic carbocycles. The molecular weight excluding hydrogens is 160 g/mol. The van der Waals surface area contributed by atoms with Crippen LogP contribution in [0.2, 0.25) is 0 Å². The van der Waals surface area contributed by atoms with Crippen LogP contribution in [0.15, 0.2) is 0 Å². The average molecular weight is 184 g/mol. The Morgan fingerprint density at radius 1 is 1.08 bits per heavy atom. The zero-order valence-corrected chi connectivity index (χ0v) is 9.38. The van der Waals surface area contributed by atoms with Gasteiger partial charge < -0.3 is 4.79 Å². The maximum Gasteiger partial charge on any atom is 0.120 e. The molecule has 0 N–H and O–H groups in total. The lowest BCUT2D eigenvalue weighted by Gasteiger charge is -2.11. The van der Waals surface area contributed by atoms with Gasteiger partial charge in [0.2, 0.25) is 0 Å².